The van der Waals surface area contributed by atoms with E-state index in [4.69, 9.17) is 9.47 Å². The van der Waals surface area contributed by atoms with E-state index in [0.29, 0.717) is 42.4 Å². The van der Waals surface area contributed by atoms with Crippen molar-refractivity contribution in [1.29, 1.82) is 0 Å². The lowest BCUT2D eigenvalue weighted by atomic mass is 10.1. The van der Waals surface area contributed by atoms with E-state index < -0.39 is 16.1 Å². The van der Waals surface area contributed by atoms with E-state index in [0.717, 1.165) is 24.8 Å². The summed E-state index contributed by atoms with van der Waals surface area (Å²) < 4.78 is 39.4. The first-order chi connectivity index (χ1) is 19.3. The van der Waals surface area contributed by atoms with Gasteiger partial charge in [-0.3, -0.25) is 9.59 Å². The van der Waals surface area contributed by atoms with Crippen LogP contribution >= 0.6 is 0 Å². The van der Waals surface area contributed by atoms with Gasteiger partial charge in [0.15, 0.2) is 12.7 Å². The smallest absolute Gasteiger partial charge is 0.265 e. The van der Waals surface area contributed by atoms with Crippen LogP contribution in [-0.2, 0) is 26.2 Å². The topological polar surface area (TPSA) is 105 Å². The van der Waals surface area contributed by atoms with Crippen LogP contribution in [0.15, 0.2) is 77.7 Å². The molecule has 2 aliphatic heterocycles. The number of carbonyl (C=O) groups excluding carboxylic acids is 2. The van der Waals surface area contributed by atoms with Gasteiger partial charge in [0.2, 0.25) is 10.0 Å². The Balaban J connectivity index is 1.25. The van der Waals surface area contributed by atoms with Crippen molar-refractivity contribution < 1.29 is 27.5 Å². The molecule has 40 heavy (non-hydrogen) atoms. The molecular formula is C30H33N3O6S. The molecular weight excluding hydrogens is 530 g/mol. The number of amides is 2. The number of nitrogens with one attached hydrogen (secondary N) is 1. The van der Waals surface area contributed by atoms with E-state index >= 15 is 0 Å². The number of nitrogens with zero attached hydrogens (tertiary/aromatic N) is 2. The first kappa shape index (κ1) is 27.7. The van der Waals surface area contributed by atoms with Crippen molar-refractivity contribution in [2.75, 3.05) is 31.1 Å². The summed E-state index contributed by atoms with van der Waals surface area (Å²) in [6.07, 6.45) is 1.88. The number of anilines is 1. The summed E-state index contributed by atoms with van der Waals surface area (Å²) in [6, 6.07) is 21.3. The molecule has 1 fully saturated rings. The fourth-order valence-corrected chi connectivity index (χ4v) is 6.52. The minimum atomic E-state index is -3.57. The highest BCUT2D eigenvalue weighted by molar-refractivity contribution is 7.89. The summed E-state index contributed by atoms with van der Waals surface area (Å²) in [4.78, 5) is 28.0. The van der Waals surface area contributed by atoms with Gasteiger partial charge in [0.25, 0.3) is 11.8 Å². The molecule has 0 bridgehead atoms. The Morgan fingerprint density at radius 1 is 0.975 bits per heavy atom. The Bertz CT molecular complexity index is 1470. The van der Waals surface area contributed by atoms with E-state index in [1.54, 1.807) is 43.3 Å². The van der Waals surface area contributed by atoms with Crippen LogP contribution in [0.2, 0.25) is 0 Å². The second-order valence-electron chi connectivity index (χ2n) is 9.96. The summed E-state index contributed by atoms with van der Waals surface area (Å²) >= 11 is 0. The van der Waals surface area contributed by atoms with Gasteiger partial charge in [-0.2, -0.15) is 4.31 Å². The Morgan fingerprint density at radius 2 is 1.70 bits per heavy atom. The van der Waals surface area contributed by atoms with Crippen molar-refractivity contribution in [3.05, 3.63) is 83.9 Å². The number of fused-ring (bicyclic) bond motifs is 1. The summed E-state index contributed by atoms with van der Waals surface area (Å²) in [5.74, 6) is 0.189. The van der Waals surface area contributed by atoms with E-state index in [-0.39, 0.29) is 29.9 Å². The third-order valence-corrected chi connectivity index (χ3v) is 9.02. The van der Waals surface area contributed by atoms with Crippen LogP contribution in [0.1, 0.15) is 30.4 Å². The van der Waals surface area contributed by atoms with Gasteiger partial charge < -0.3 is 19.7 Å². The molecule has 5 rings (SSSR count). The lowest BCUT2D eigenvalue weighted by molar-refractivity contribution is -0.128. The quantitative estimate of drug-likeness (QED) is 0.449. The van der Waals surface area contributed by atoms with Crippen molar-refractivity contribution in [3.63, 3.8) is 0 Å². The third-order valence-electron chi connectivity index (χ3n) is 7.13. The zero-order valence-electron chi connectivity index (χ0n) is 22.4. The van der Waals surface area contributed by atoms with Crippen LogP contribution in [0.3, 0.4) is 0 Å². The maximum Gasteiger partial charge on any atom is 0.265 e. The number of benzene rings is 3. The first-order valence-electron chi connectivity index (χ1n) is 13.4. The van der Waals surface area contributed by atoms with Crippen LogP contribution in [0.25, 0.3) is 0 Å². The average molecular weight is 564 g/mol. The molecule has 0 saturated carbocycles. The highest BCUT2D eigenvalue weighted by atomic mass is 32.2. The Hall–Kier alpha value is -3.89. The van der Waals surface area contributed by atoms with Gasteiger partial charge in [0, 0.05) is 19.6 Å². The Kier molecular flexibility index (Phi) is 8.37. The first-order valence-corrected chi connectivity index (χ1v) is 14.9. The molecule has 1 atom stereocenters. The fraction of sp³-hybridized carbons (Fsp3) is 0.333. The summed E-state index contributed by atoms with van der Waals surface area (Å²) in [5.41, 5.74) is 2.13. The minimum Gasteiger partial charge on any atom is -0.483 e. The predicted octanol–water partition coefficient (Wildman–Crippen LogP) is 3.66. The van der Waals surface area contributed by atoms with Crippen LogP contribution in [0, 0.1) is 6.92 Å². The SMILES string of the molecule is Cc1cc(S(=O)(=O)N2CCCCC2)ccc1OCC(=O)N1C[C@@H](C(=O)NCc2ccccc2)Oc2ccccc21. The molecule has 10 heteroatoms. The number of hydrogen-bond donors (Lipinski definition) is 1. The number of carbonyl (C=O) groups is 2. The second-order valence-corrected chi connectivity index (χ2v) is 11.9. The maximum absolute atomic E-state index is 13.3. The number of para-hydroxylation sites is 2. The summed E-state index contributed by atoms with van der Waals surface area (Å²) in [5, 5.41) is 2.88. The molecule has 0 aliphatic carbocycles. The fourth-order valence-electron chi connectivity index (χ4n) is 4.92. The van der Waals surface area contributed by atoms with E-state index in [1.165, 1.54) is 15.3 Å². The van der Waals surface area contributed by atoms with Crippen molar-refractivity contribution in [2.24, 2.45) is 0 Å². The molecule has 0 radical (unpaired) electrons. The number of piperidine rings is 1. The largest absolute Gasteiger partial charge is 0.483 e. The van der Waals surface area contributed by atoms with Crippen molar-refractivity contribution in [1.82, 2.24) is 9.62 Å². The normalized spacial score (nSPS) is 17.4. The lowest BCUT2D eigenvalue weighted by Gasteiger charge is -2.34. The Morgan fingerprint density at radius 3 is 2.45 bits per heavy atom. The molecule has 1 saturated heterocycles. The van der Waals surface area contributed by atoms with Crippen molar-refractivity contribution >= 4 is 27.5 Å². The molecule has 0 aromatic heterocycles. The second kappa shape index (κ2) is 12.1. The van der Waals surface area contributed by atoms with Gasteiger partial charge >= 0.3 is 0 Å². The van der Waals surface area contributed by atoms with E-state index in [2.05, 4.69) is 5.32 Å². The molecule has 1 N–H and O–H groups in total. The lowest BCUT2D eigenvalue weighted by Crippen LogP contribution is -2.51. The molecule has 2 amide bonds. The van der Waals surface area contributed by atoms with E-state index in [1.807, 2.05) is 30.3 Å². The number of sulfonamides is 1. The molecule has 3 aromatic carbocycles. The van der Waals surface area contributed by atoms with Crippen LogP contribution < -0.4 is 19.7 Å². The minimum absolute atomic E-state index is 0.0336. The standard InChI is InChI=1S/C30H33N3O6S/c1-22-18-24(40(36,37)32-16-8-3-9-17-32)14-15-26(22)38-21-29(34)33-20-28(39-27-13-7-6-12-25(27)33)30(35)31-19-23-10-4-2-5-11-23/h2,4-7,10-15,18,28H,3,8-9,16-17,19-21H2,1H3,(H,31,35)/t28-/m0/s1. The number of rotatable bonds is 8. The van der Waals surface area contributed by atoms with Gasteiger partial charge in [-0.15, -0.1) is 0 Å². The zero-order valence-corrected chi connectivity index (χ0v) is 23.2. The monoisotopic (exact) mass is 563 g/mol. The third kappa shape index (κ3) is 6.13. The van der Waals surface area contributed by atoms with Crippen LogP contribution in [0.5, 0.6) is 11.5 Å². The van der Waals surface area contributed by atoms with Gasteiger partial charge in [0.1, 0.15) is 11.5 Å². The van der Waals surface area contributed by atoms with Gasteiger partial charge in [0.05, 0.1) is 17.1 Å². The highest BCUT2D eigenvalue weighted by Crippen LogP contribution is 2.33. The molecule has 2 heterocycles. The predicted molar refractivity (Wildman–Crippen MR) is 151 cm³/mol. The maximum atomic E-state index is 13.3. The number of aryl methyl sites for hydroxylation is 1. The average Bonchev–Trinajstić information content (AvgIpc) is 2.99. The Labute approximate surface area is 234 Å². The number of hydrogen-bond acceptors (Lipinski definition) is 6. The highest BCUT2D eigenvalue weighted by Gasteiger charge is 2.34. The molecule has 9 nitrogen and oxygen atoms in total. The van der Waals surface area contributed by atoms with Crippen LogP contribution in [0.4, 0.5) is 5.69 Å². The van der Waals surface area contributed by atoms with Gasteiger partial charge in [-0.1, -0.05) is 48.9 Å². The zero-order chi connectivity index (χ0) is 28.1. The summed E-state index contributed by atoms with van der Waals surface area (Å²) in [6.45, 7) is 2.91. The van der Waals surface area contributed by atoms with Crippen molar-refractivity contribution in [2.45, 2.75) is 43.7 Å². The molecule has 0 spiro atoms. The van der Waals surface area contributed by atoms with Gasteiger partial charge in [-0.25, -0.2) is 8.42 Å². The molecule has 3 aromatic rings. The van der Waals surface area contributed by atoms with E-state index in [9.17, 15) is 18.0 Å². The van der Waals surface area contributed by atoms with Crippen LogP contribution in [-0.4, -0.2) is 56.9 Å². The summed E-state index contributed by atoms with van der Waals surface area (Å²) in [7, 11) is -3.57. The molecule has 2 aliphatic rings. The van der Waals surface area contributed by atoms with Gasteiger partial charge in [-0.05, 0) is 61.2 Å². The number of ether oxygens (including phenoxy) is 2. The molecule has 210 valence electrons. The molecule has 0 unspecified atom stereocenters. The van der Waals surface area contributed by atoms with Crippen molar-refractivity contribution in [3.8, 4) is 11.5 Å².